The quantitative estimate of drug-likeness (QED) is 0.753. The van der Waals surface area contributed by atoms with Gasteiger partial charge in [-0.25, -0.2) is 0 Å². The Hall–Kier alpha value is -1.44. The van der Waals surface area contributed by atoms with Gasteiger partial charge >= 0.3 is 0 Å². The summed E-state index contributed by atoms with van der Waals surface area (Å²) in [5.74, 6) is 0.897. The molecule has 1 rings (SSSR count). The van der Waals surface area contributed by atoms with Gasteiger partial charge in [-0.1, -0.05) is 6.58 Å². The van der Waals surface area contributed by atoms with Crippen molar-refractivity contribution in [2.45, 2.75) is 20.8 Å². The van der Waals surface area contributed by atoms with E-state index in [9.17, 15) is 0 Å². The molecule has 0 spiro atoms. The highest BCUT2D eigenvalue weighted by Gasteiger charge is 2.08. The van der Waals surface area contributed by atoms with Gasteiger partial charge in [0.15, 0.2) is 0 Å². The first kappa shape index (κ1) is 12.6. The van der Waals surface area contributed by atoms with Crippen LogP contribution in [0.15, 0.2) is 24.8 Å². The van der Waals surface area contributed by atoms with E-state index in [0.717, 1.165) is 24.5 Å². The molecule has 88 valence electrons. The fourth-order valence-electron chi connectivity index (χ4n) is 1.86. The lowest BCUT2D eigenvalue weighted by molar-refractivity contribution is 0.414. The van der Waals surface area contributed by atoms with Crippen LogP contribution in [0.5, 0.6) is 5.75 Å². The topological polar surface area (TPSA) is 12.5 Å². The van der Waals surface area contributed by atoms with E-state index < -0.39 is 0 Å². The fraction of sp³-hybridized carbons (Fsp3) is 0.429. The number of aryl methyl sites for hydroxylation is 1. The van der Waals surface area contributed by atoms with Gasteiger partial charge in [-0.05, 0) is 44.5 Å². The van der Waals surface area contributed by atoms with Gasteiger partial charge in [0.1, 0.15) is 5.75 Å². The van der Waals surface area contributed by atoms with Crippen LogP contribution in [-0.2, 0) is 0 Å². The number of benzene rings is 1. The van der Waals surface area contributed by atoms with Crippen LogP contribution in [0, 0.1) is 6.92 Å². The smallest absolute Gasteiger partial charge is 0.119 e. The van der Waals surface area contributed by atoms with Gasteiger partial charge in [0, 0.05) is 24.4 Å². The fourth-order valence-corrected chi connectivity index (χ4v) is 1.86. The molecule has 0 N–H and O–H groups in total. The molecule has 0 aliphatic heterocycles. The lowest BCUT2D eigenvalue weighted by Crippen LogP contribution is -2.20. The molecular weight excluding hydrogens is 198 g/mol. The van der Waals surface area contributed by atoms with Crippen LogP contribution in [0.4, 0.5) is 0 Å². The highest BCUT2D eigenvalue weighted by Crippen LogP contribution is 2.24. The minimum Gasteiger partial charge on any atom is -0.497 e. The van der Waals surface area contributed by atoms with Crippen molar-refractivity contribution in [3.63, 3.8) is 0 Å². The van der Waals surface area contributed by atoms with Gasteiger partial charge in [-0.3, -0.25) is 0 Å². The molecule has 2 nitrogen and oxygen atoms in total. The molecule has 0 fully saturated rings. The van der Waals surface area contributed by atoms with E-state index in [0.29, 0.717) is 0 Å². The molecule has 0 saturated heterocycles. The molecule has 0 aliphatic carbocycles. The van der Waals surface area contributed by atoms with Crippen LogP contribution in [0.2, 0.25) is 0 Å². The predicted molar refractivity (Wildman–Crippen MR) is 69.7 cm³/mol. The van der Waals surface area contributed by atoms with E-state index in [2.05, 4.69) is 38.3 Å². The molecule has 0 saturated carbocycles. The standard InChI is InChI=1S/C14H21NO/c1-6-15(7-2)12(4)14-9-8-13(16-5)10-11(14)3/h8-10H,4,6-7H2,1-3,5H3. The second-order valence-electron chi connectivity index (χ2n) is 3.80. The molecule has 0 amide bonds. The number of methoxy groups -OCH3 is 1. The zero-order chi connectivity index (χ0) is 12.1. The summed E-state index contributed by atoms with van der Waals surface area (Å²) in [5, 5.41) is 0. The summed E-state index contributed by atoms with van der Waals surface area (Å²) in [7, 11) is 1.69. The van der Waals surface area contributed by atoms with Crippen LogP contribution >= 0.6 is 0 Å². The molecule has 0 unspecified atom stereocenters. The van der Waals surface area contributed by atoms with Gasteiger partial charge < -0.3 is 9.64 Å². The van der Waals surface area contributed by atoms with Crippen LogP contribution in [0.1, 0.15) is 25.0 Å². The number of nitrogens with zero attached hydrogens (tertiary/aromatic N) is 1. The van der Waals surface area contributed by atoms with Gasteiger partial charge in [0.2, 0.25) is 0 Å². The van der Waals surface area contributed by atoms with Crippen LogP contribution in [0.25, 0.3) is 5.70 Å². The number of hydrogen-bond acceptors (Lipinski definition) is 2. The van der Waals surface area contributed by atoms with Crippen molar-refractivity contribution in [1.29, 1.82) is 0 Å². The van der Waals surface area contributed by atoms with Crippen molar-refractivity contribution in [3.05, 3.63) is 35.9 Å². The molecule has 0 atom stereocenters. The Morgan fingerprint density at radius 3 is 2.38 bits per heavy atom. The summed E-state index contributed by atoms with van der Waals surface area (Å²) in [6, 6.07) is 6.11. The Labute approximate surface area is 98.5 Å². The first-order chi connectivity index (χ1) is 7.63. The average Bonchev–Trinajstić information content (AvgIpc) is 2.30. The normalized spacial score (nSPS) is 10.0. The summed E-state index contributed by atoms with van der Waals surface area (Å²) in [6.45, 7) is 12.5. The first-order valence-corrected chi connectivity index (χ1v) is 5.72. The van der Waals surface area contributed by atoms with Crippen molar-refractivity contribution in [3.8, 4) is 5.75 Å². The second-order valence-corrected chi connectivity index (χ2v) is 3.80. The molecule has 0 bridgehead atoms. The zero-order valence-corrected chi connectivity index (χ0v) is 10.7. The van der Waals surface area contributed by atoms with E-state index in [1.807, 2.05) is 12.1 Å². The molecule has 0 heterocycles. The Morgan fingerprint density at radius 2 is 1.94 bits per heavy atom. The lowest BCUT2D eigenvalue weighted by Gasteiger charge is -2.24. The minimum absolute atomic E-state index is 0.897. The van der Waals surface area contributed by atoms with Crippen molar-refractivity contribution >= 4 is 5.70 Å². The third-order valence-electron chi connectivity index (χ3n) is 2.89. The highest BCUT2D eigenvalue weighted by atomic mass is 16.5. The van der Waals surface area contributed by atoms with Crippen molar-refractivity contribution in [1.82, 2.24) is 4.90 Å². The van der Waals surface area contributed by atoms with E-state index in [4.69, 9.17) is 4.74 Å². The largest absolute Gasteiger partial charge is 0.497 e. The Kier molecular flexibility index (Phi) is 4.41. The zero-order valence-electron chi connectivity index (χ0n) is 10.7. The summed E-state index contributed by atoms with van der Waals surface area (Å²) >= 11 is 0. The van der Waals surface area contributed by atoms with Gasteiger partial charge in [0.05, 0.1) is 7.11 Å². The third kappa shape index (κ3) is 2.57. The Morgan fingerprint density at radius 1 is 1.31 bits per heavy atom. The second kappa shape index (κ2) is 5.59. The Bertz CT molecular complexity index is 367. The summed E-state index contributed by atoms with van der Waals surface area (Å²) in [5.41, 5.74) is 3.49. The maximum atomic E-state index is 5.20. The summed E-state index contributed by atoms with van der Waals surface area (Å²) in [4.78, 5) is 2.26. The van der Waals surface area contributed by atoms with Crippen LogP contribution in [0.3, 0.4) is 0 Å². The maximum absolute atomic E-state index is 5.20. The SMILES string of the molecule is C=C(c1ccc(OC)cc1C)N(CC)CC. The monoisotopic (exact) mass is 219 g/mol. The molecule has 0 aromatic heterocycles. The van der Waals surface area contributed by atoms with E-state index in [-0.39, 0.29) is 0 Å². The molecule has 0 radical (unpaired) electrons. The van der Waals surface area contributed by atoms with Gasteiger partial charge in [-0.2, -0.15) is 0 Å². The summed E-state index contributed by atoms with van der Waals surface area (Å²) in [6.07, 6.45) is 0. The van der Waals surface area contributed by atoms with Crippen molar-refractivity contribution in [2.75, 3.05) is 20.2 Å². The molecule has 1 aromatic rings. The average molecular weight is 219 g/mol. The van der Waals surface area contributed by atoms with Gasteiger partial charge in [-0.15, -0.1) is 0 Å². The van der Waals surface area contributed by atoms with E-state index in [1.54, 1.807) is 7.11 Å². The third-order valence-corrected chi connectivity index (χ3v) is 2.89. The number of rotatable bonds is 5. The number of hydrogen-bond donors (Lipinski definition) is 0. The molecule has 2 heteroatoms. The Balaban J connectivity index is 3.00. The first-order valence-electron chi connectivity index (χ1n) is 5.72. The van der Waals surface area contributed by atoms with Crippen molar-refractivity contribution < 1.29 is 4.74 Å². The maximum Gasteiger partial charge on any atom is 0.119 e. The molecule has 1 aromatic carbocycles. The van der Waals surface area contributed by atoms with E-state index in [1.165, 1.54) is 11.1 Å². The molecular formula is C14H21NO. The van der Waals surface area contributed by atoms with E-state index >= 15 is 0 Å². The van der Waals surface area contributed by atoms with Gasteiger partial charge in [0.25, 0.3) is 0 Å². The lowest BCUT2D eigenvalue weighted by atomic mass is 10.1. The number of ether oxygens (including phenoxy) is 1. The van der Waals surface area contributed by atoms with Crippen LogP contribution < -0.4 is 4.74 Å². The molecule has 0 aliphatic rings. The summed E-state index contributed by atoms with van der Waals surface area (Å²) < 4.78 is 5.20. The molecule has 16 heavy (non-hydrogen) atoms. The van der Waals surface area contributed by atoms with Crippen molar-refractivity contribution in [2.24, 2.45) is 0 Å². The van der Waals surface area contributed by atoms with Crippen LogP contribution in [-0.4, -0.2) is 25.1 Å². The predicted octanol–water partition coefficient (Wildman–Crippen LogP) is 3.32. The minimum atomic E-state index is 0.897. The highest BCUT2D eigenvalue weighted by molar-refractivity contribution is 5.65.